The fourth-order valence-electron chi connectivity index (χ4n) is 3.79. The van der Waals surface area contributed by atoms with Crippen LogP contribution in [-0.2, 0) is 4.74 Å². The molecule has 0 bridgehead atoms. The SMILES string of the molecule is CC(C)CC1(CNCC2COCC2N)CCCC1. The minimum atomic E-state index is 0.238. The molecule has 0 amide bonds. The molecule has 106 valence electrons. The lowest BCUT2D eigenvalue weighted by molar-refractivity contribution is 0.180. The standard InChI is InChI=1S/C15H30N2O/c1-12(2)7-15(5-3-4-6-15)11-17-8-13-9-18-10-14(13)16/h12-14,17H,3-11,16H2,1-2H3. The van der Waals surface area contributed by atoms with Crippen LogP contribution >= 0.6 is 0 Å². The van der Waals surface area contributed by atoms with E-state index < -0.39 is 0 Å². The highest BCUT2D eigenvalue weighted by atomic mass is 16.5. The normalized spacial score (nSPS) is 31.3. The molecule has 0 aromatic heterocycles. The summed E-state index contributed by atoms with van der Waals surface area (Å²) in [5.74, 6) is 1.32. The Kier molecular flexibility index (Phi) is 5.05. The molecule has 3 heteroatoms. The van der Waals surface area contributed by atoms with Gasteiger partial charge in [0.2, 0.25) is 0 Å². The Bertz CT molecular complexity index is 249. The Labute approximate surface area is 112 Å². The zero-order valence-corrected chi connectivity index (χ0v) is 12.1. The lowest BCUT2D eigenvalue weighted by Gasteiger charge is -2.32. The molecule has 0 radical (unpaired) electrons. The van der Waals surface area contributed by atoms with Gasteiger partial charge in [-0.2, -0.15) is 0 Å². The molecule has 1 aliphatic heterocycles. The van der Waals surface area contributed by atoms with E-state index in [1.54, 1.807) is 0 Å². The minimum absolute atomic E-state index is 0.238. The molecule has 3 nitrogen and oxygen atoms in total. The Balaban J connectivity index is 1.75. The second kappa shape index (κ2) is 6.36. The molecule has 1 heterocycles. The number of rotatable bonds is 6. The average molecular weight is 254 g/mol. The molecule has 1 aliphatic carbocycles. The van der Waals surface area contributed by atoms with E-state index in [2.05, 4.69) is 19.2 Å². The first-order chi connectivity index (χ1) is 8.61. The summed E-state index contributed by atoms with van der Waals surface area (Å²) in [4.78, 5) is 0. The fourth-order valence-corrected chi connectivity index (χ4v) is 3.79. The molecule has 2 atom stereocenters. The van der Waals surface area contributed by atoms with E-state index in [9.17, 15) is 0 Å². The van der Waals surface area contributed by atoms with Crippen molar-refractivity contribution in [1.29, 1.82) is 0 Å². The lowest BCUT2D eigenvalue weighted by atomic mass is 9.78. The van der Waals surface area contributed by atoms with Crippen molar-refractivity contribution >= 4 is 0 Å². The van der Waals surface area contributed by atoms with Gasteiger partial charge in [-0.3, -0.25) is 0 Å². The molecular weight excluding hydrogens is 224 g/mol. The Morgan fingerprint density at radius 1 is 1.28 bits per heavy atom. The van der Waals surface area contributed by atoms with E-state index in [1.165, 1.54) is 38.6 Å². The van der Waals surface area contributed by atoms with Crippen molar-refractivity contribution in [3.8, 4) is 0 Å². The first kappa shape index (κ1) is 14.3. The van der Waals surface area contributed by atoms with Gasteiger partial charge in [-0.1, -0.05) is 26.7 Å². The molecule has 2 fully saturated rings. The van der Waals surface area contributed by atoms with Crippen molar-refractivity contribution in [3.05, 3.63) is 0 Å². The van der Waals surface area contributed by atoms with Crippen LogP contribution in [0.25, 0.3) is 0 Å². The highest BCUT2D eigenvalue weighted by Gasteiger charge is 2.34. The van der Waals surface area contributed by atoms with Crippen molar-refractivity contribution < 1.29 is 4.74 Å². The molecule has 2 unspecified atom stereocenters. The van der Waals surface area contributed by atoms with Crippen LogP contribution in [0, 0.1) is 17.3 Å². The third-order valence-corrected chi connectivity index (χ3v) is 4.66. The van der Waals surface area contributed by atoms with Crippen molar-refractivity contribution in [3.63, 3.8) is 0 Å². The highest BCUT2D eigenvalue weighted by molar-refractivity contribution is 4.88. The lowest BCUT2D eigenvalue weighted by Crippen LogP contribution is -2.40. The van der Waals surface area contributed by atoms with Gasteiger partial charge in [0.25, 0.3) is 0 Å². The second-order valence-corrected chi connectivity index (χ2v) is 6.90. The number of ether oxygens (including phenoxy) is 1. The van der Waals surface area contributed by atoms with Gasteiger partial charge in [0.15, 0.2) is 0 Å². The maximum atomic E-state index is 6.02. The van der Waals surface area contributed by atoms with E-state index in [4.69, 9.17) is 10.5 Å². The molecule has 1 saturated heterocycles. The third-order valence-electron chi connectivity index (χ3n) is 4.66. The van der Waals surface area contributed by atoms with Crippen molar-refractivity contribution in [2.24, 2.45) is 23.0 Å². The smallest absolute Gasteiger partial charge is 0.0621 e. The van der Waals surface area contributed by atoms with Gasteiger partial charge in [0.05, 0.1) is 13.2 Å². The van der Waals surface area contributed by atoms with Gasteiger partial charge in [0, 0.05) is 25.0 Å². The molecule has 0 aromatic rings. The highest BCUT2D eigenvalue weighted by Crippen LogP contribution is 2.42. The quantitative estimate of drug-likeness (QED) is 0.763. The molecule has 2 aliphatic rings. The van der Waals surface area contributed by atoms with Crippen LogP contribution in [0.2, 0.25) is 0 Å². The second-order valence-electron chi connectivity index (χ2n) is 6.90. The van der Waals surface area contributed by atoms with Crippen LogP contribution in [0.4, 0.5) is 0 Å². The molecule has 0 aromatic carbocycles. The Morgan fingerprint density at radius 2 is 2.00 bits per heavy atom. The summed E-state index contributed by atoms with van der Waals surface area (Å²) >= 11 is 0. The van der Waals surface area contributed by atoms with Crippen molar-refractivity contribution in [2.45, 2.75) is 52.0 Å². The summed E-state index contributed by atoms with van der Waals surface area (Å²) in [6.45, 7) is 8.48. The number of nitrogens with one attached hydrogen (secondary N) is 1. The predicted octanol–water partition coefficient (Wildman–Crippen LogP) is 2.16. The van der Waals surface area contributed by atoms with Crippen LogP contribution in [0.15, 0.2) is 0 Å². The molecule has 1 saturated carbocycles. The third kappa shape index (κ3) is 3.69. The summed E-state index contributed by atoms with van der Waals surface area (Å²) in [7, 11) is 0. The van der Waals surface area contributed by atoms with Crippen molar-refractivity contribution in [1.82, 2.24) is 5.32 Å². The predicted molar refractivity (Wildman–Crippen MR) is 75.5 cm³/mol. The van der Waals surface area contributed by atoms with Crippen LogP contribution in [0.5, 0.6) is 0 Å². The summed E-state index contributed by atoms with van der Waals surface area (Å²) < 4.78 is 5.42. The van der Waals surface area contributed by atoms with Gasteiger partial charge >= 0.3 is 0 Å². The van der Waals surface area contributed by atoms with E-state index in [1.807, 2.05) is 0 Å². The Hall–Kier alpha value is -0.120. The number of nitrogens with two attached hydrogens (primary N) is 1. The van der Waals surface area contributed by atoms with Crippen LogP contribution < -0.4 is 11.1 Å². The van der Waals surface area contributed by atoms with E-state index >= 15 is 0 Å². The van der Waals surface area contributed by atoms with Crippen LogP contribution in [-0.4, -0.2) is 32.3 Å². The molecule has 2 rings (SSSR count). The fraction of sp³-hybridized carbons (Fsp3) is 1.00. The molecular formula is C15H30N2O. The zero-order chi connectivity index (χ0) is 13.0. The average Bonchev–Trinajstić information content (AvgIpc) is 2.89. The molecule has 0 spiro atoms. The maximum absolute atomic E-state index is 6.02. The molecule has 18 heavy (non-hydrogen) atoms. The summed E-state index contributed by atoms with van der Waals surface area (Å²) in [6, 6.07) is 0.238. The first-order valence-corrected chi connectivity index (χ1v) is 7.65. The van der Waals surface area contributed by atoms with E-state index in [0.29, 0.717) is 11.3 Å². The summed E-state index contributed by atoms with van der Waals surface area (Å²) in [5.41, 5.74) is 6.59. The Morgan fingerprint density at radius 3 is 2.56 bits per heavy atom. The van der Waals surface area contributed by atoms with Gasteiger partial charge in [-0.05, 0) is 30.6 Å². The zero-order valence-electron chi connectivity index (χ0n) is 12.1. The monoisotopic (exact) mass is 254 g/mol. The summed E-state index contributed by atoms with van der Waals surface area (Å²) in [6.07, 6.45) is 7.02. The van der Waals surface area contributed by atoms with E-state index in [-0.39, 0.29) is 6.04 Å². The van der Waals surface area contributed by atoms with Crippen LogP contribution in [0.3, 0.4) is 0 Å². The number of hydrogen-bond donors (Lipinski definition) is 2. The van der Waals surface area contributed by atoms with Gasteiger partial charge in [0.1, 0.15) is 0 Å². The maximum Gasteiger partial charge on any atom is 0.0621 e. The van der Waals surface area contributed by atoms with Gasteiger partial charge in [-0.25, -0.2) is 0 Å². The summed E-state index contributed by atoms with van der Waals surface area (Å²) in [5, 5.41) is 3.69. The molecule has 3 N–H and O–H groups in total. The first-order valence-electron chi connectivity index (χ1n) is 7.65. The van der Waals surface area contributed by atoms with Crippen molar-refractivity contribution in [2.75, 3.05) is 26.3 Å². The van der Waals surface area contributed by atoms with Gasteiger partial charge < -0.3 is 15.8 Å². The largest absolute Gasteiger partial charge is 0.379 e. The van der Waals surface area contributed by atoms with Gasteiger partial charge in [-0.15, -0.1) is 0 Å². The topological polar surface area (TPSA) is 47.3 Å². The van der Waals surface area contributed by atoms with E-state index in [0.717, 1.165) is 25.7 Å². The minimum Gasteiger partial charge on any atom is -0.379 e. The van der Waals surface area contributed by atoms with Crippen LogP contribution in [0.1, 0.15) is 46.0 Å². The number of hydrogen-bond acceptors (Lipinski definition) is 3.